The smallest absolute Gasteiger partial charge is 0.156 e. The van der Waals surface area contributed by atoms with Crippen LogP contribution >= 0.6 is 11.1 Å². The molecular formula is C27H23ClSi. The Bertz CT molecular complexity index is 1270. The number of benzene rings is 4. The minimum Gasteiger partial charge on any atom is -0.170 e. The van der Waals surface area contributed by atoms with E-state index in [0.717, 1.165) is 0 Å². The van der Waals surface area contributed by atoms with Gasteiger partial charge in [-0.2, -0.15) is 11.1 Å². The second-order valence-corrected chi connectivity index (χ2v) is 9.79. The van der Waals surface area contributed by atoms with Gasteiger partial charge < -0.3 is 0 Å². The maximum absolute atomic E-state index is 6.39. The lowest BCUT2D eigenvalue weighted by Crippen LogP contribution is -2.17. The highest BCUT2D eigenvalue weighted by Crippen LogP contribution is 2.48. The van der Waals surface area contributed by atoms with E-state index < -0.39 is 8.83 Å². The fraction of sp³-hybridized carbons (Fsp3) is 0.111. The molecule has 29 heavy (non-hydrogen) atoms. The van der Waals surface area contributed by atoms with Crippen molar-refractivity contribution in [2.75, 3.05) is 0 Å². The summed E-state index contributed by atoms with van der Waals surface area (Å²) in [7, 11) is -0.728. The Morgan fingerprint density at radius 3 is 2.41 bits per heavy atom. The maximum atomic E-state index is 6.39. The quantitative estimate of drug-likeness (QED) is 0.283. The average molecular weight is 411 g/mol. The Kier molecular flexibility index (Phi) is 4.65. The van der Waals surface area contributed by atoms with Gasteiger partial charge in [0.2, 0.25) is 0 Å². The Balaban J connectivity index is 1.80. The largest absolute Gasteiger partial charge is 0.170 e. The number of halogens is 1. The van der Waals surface area contributed by atoms with Crippen LogP contribution in [0.1, 0.15) is 39.3 Å². The van der Waals surface area contributed by atoms with Crippen LogP contribution in [0.4, 0.5) is 0 Å². The molecule has 0 spiro atoms. The average Bonchev–Trinajstić information content (AvgIpc) is 3.12. The first-order valence-corrected chi connectivity index (χ1v) is 13.0. The van der Waals surface area contributed by atoms with Crippen LogP contribution in [0.25, 0.3) is 22.4 Å². The van der Waals surface area contributed by atoms with Gasteiger partial charge in [0.1, 0.15) is 0 Å². The summed E-state index contributed by atoms with van der Waals surface area (Å²) in [6.07, 6.45) is 2.39. The van der Waals surface area contributed by atoms with E-state index in [2.05, 4.69) is 98.8 Å². The lowest BCUT2D eigenvalue weighted by molar-refractivity contribution is 1.05. The van der Waals surface area contributed by atoms with E-state index in [1.54, 1.807) is 0 Å². The second-order valence-electron chi connectivity index (χ2n) is 7.96. The lowest BCUT2D eigenvalue weighted by Gasteiger charge is -2.22. The number of rotatable bonds is 3. The van der Waals surface area contributed by atoms with Gasteiger partial charge in [-0.1, -0.05) is 78.9 Å². The van der Waals surface area contributed by atoms with Crippen molar-refractivity contribution in [1.82, 2.24) is 0 Å². The number of hydrogen-bond acceptors (Lipinski definition) is 0. The SMILES string of the molecule is Cc1cc(C2=Cc3ccccc3C2c2cccc([SiH2]Cl)c2C)c2ccccc2c1. The molecule has 1 atom stereocenters. The number of allylic oxidation sites excluding steroid dienone is 1. The predicted octanol–water partition coefficient (Wildman–Crippen LogP) is 6.09. The first-order valence-electron chi connectivity index (χ1n) is 10.1. The summed E-state index contributed by atoms with van der Waals surface area (Å²) in [5, 5.41) is 3.97. The second kappa shape index (κ2) is 7.33. The molecular weight excluding hydrogens is 388 g/mol. The van der Waals surface area contributed by atoms with Crippen molar-refractivity contribution in [3.63, 3.8) is 0 Å². The number of aryl methyl sites for hydroxylation is 1. The van der Waals surface area contributed by atoms with E-state index in [4.69, 9.17) is 11.1 Å². The molecule has 1 unspecified atom stereocenters. The summed E-state index contributed by atoms with van der Waals surface area (Å²) in [5.41, 5.74) is 9.50. The molecule has 4 aromatic carbocycles. The fourth-order valence-corrected chi connectivity index (χ4v) is 6.25. The molecule has 1 aliphatic carbocycles. The van der Waals surface area contributed by atoms with E-state index >= 15 is 0 Å². The van der Waals surface area contributed by atoms with Crippen molar-refractivity contribution in [1.29, 1.82) is 0 Å². The molecule has 0 aromatic heterocycles. The highest BCUT2D eigenvalue weighted by Gasteiger charge is 2.30. The first-order chi connectivity index (χ1) is 14.2. The molecule has 0 saturated carbocycles. The van der Waals surface area contributed by atoms with E-state index in [1.165, 1.54) is 54.9 Å². The highest BCUT2D eigenvalue weighted by atomic mass is 35.6. The van der Waals surface area contributed by atoms with Crippen LogP contribution in [0, 0.1) is 13.8 Å². The van der Waals surface area contributed by atoms with Gasteiger partial charge in [-0.25, -0.2) is 0 Å². The molecule has 5 rings (SSSR count). The molecule has 1 aliphatic rings. The molecule has 0 bridgehead atoms. The fourth-order valence-electron chi connectivity index (χ4n) is 4.75. The van der Waals surface area contributed by atoms with E-state index in [9.17, 15) is 0 Å². The van der Waals surface area contributed by atoms with Crippen molar-refractivity contribution < 1.29 is 0 Å². The molecule has 0 fully saturated rings. The summed E-state index contributed by atoms with van der Waals surface area (Å²) < 4.78 is 0. The van der Waals surface area contributed by atoms with Crippen molar-refractivity contribution in [2.24, 2.45) is 0 Å². The molecule has 0 heterocycles. The molecule has 0 nitrogen and oxygen atoms in total. The molecule has 0 aliphatic heterocycles. The Labute approximate surface area is 179 Å². The Hall–Kier alpha value is -2.61. The number of fused-ring (bicyclic) bond motifs is 2. The molecule has 4 aromatic rings. The van der Waals surface area contributed by atoms with Gasteiger partial charge in [0.15, 0.2) is 8.83 Å². The third-order valence-corrected chi connectivity index (χ3v) is 8.11. The monoisotopic (exact) mass is 410 g/mol. The first kappa shape index (κ1) is 18.4. The van der Waals surface area contributed by atoms with Crippen LogP contribution < -0.4 is 5.19 Å². The molecule has 0 amide bonds. The van der Waals surface area contributed by atoms with Gasteiger partial charge in [-0.05, 0) is 74.8 Å². The molecule has 0 radical (unpaired) electrons. The van der Waals surface area contributed by atoms with Gasteiger partial charge in [0.25, 0.3) is 0 Å². The van der Waals surface area contributed by atoms with Crippen molar-refractivity contribution in [3.05, 3.63) is 112 Å². The zero-order valence-electron chi connectivity index (χ0n) is 16.7. The minimum absolute atomic E-state index is 0.244. The van der Waals surface area contributed by atoms with Gasteiger partial charge in [-0.3, -0.25) is 0 Å². The van der Waals surface area contributed by atoms with Crippen LogP contribution in [-0.2, 0) is 0 Å². The Morgan fingerprint density at radius 2 is 1.55 bits per heavy atom. The van der Waals surface area contributed by atoms with Crippen LogP contribution in [0.5, 0.6) is 0 Å². The summed E-state index contributed by atoms with van der Waals surface area (Å²) >= 11 is 6.39. The zero-order chi connectivity index (χ0) is 20.0. The van der Waals surface area contributed by atoms with Crippen LogP contribution in [0.2, 0.25) is 0 Å². The van der Waals surface area contributed by atoms with Gasteiger partial charge in [-0.15, -0.1) is 0 Å². The topological polar surface area (TPSA) is 0 Å². The third-order valence-electron chi connectivity index (χ3n) is 6.19. The molecule has 142 valence electrons. The molecule has 0 saturated heterocycles. The third kappa shape index (κ3) is 3.06. The van der Waals surface area contributed by atoms with E-state index in [1.807, 2.05) is 0 Å². The van der Waals surface area contributed by atoms with E-state index in [0.29, 0.717) is 0 Å². The maximum Gasteiger partial charge on any atom is 0.156 e. The highest BCUT2D eigenvalue weighted by molar-refractivity contribution is 7.01. The van der Waals surface area contributed by atoms with Crippen LogP contribution in [-0.4, -0.2) is 8.83 Å². The normalized spacial score (nSPS) is 15.8. The predicted molar refractivity (Wildman–Crippen MR) is 130 cm³/mol. The zero-order valence-corrected chi connectivity index (χ0v) is 18.9. The van der Waals surface area contributed by atoms with Crippen molar-refractivity contribution in [2.45, 2.75) is 19.8 Å². The Morgan fingerprint density at radius 1 is 0.793 bits per heavy atom. The van der Waals surface area contributed by atoms with Gasteiger partial charge in [0.05, 0.1) is 0 Å². The molecule has 0 N–H and O–H groups in total. The van der Waals surface area contributed by atoms with Crippen LogP contribution in [0.3, 0.4) is 0 Å². The summed E-state index contributed by atoms with van der Waals surface area (Å²) in [4.78, 5) is 0. The van der Waals surface area contributed by atoms with Crippen molar-refractivity contribution >= 4 is 47.5 Å². The summed E-state index contributed by atoms with van der Waals surface area (Å²) in [5.74, 6) is 0.244. The minimum atomic E-state index is -0.728. The van der Waals surface area contributed by atoms with Gasteiger partial charge in [0, 0.05) is 5.92 Å². The molecule has 2 heteroatoms. The van der Waals surface area contributed by atoms with Crippen molar-refractivity contribution in [3.8, 4) is 0 Å². The summed E-state index contributed by atoms with van der Waals surface area (Å²) in [6, 6.07) is 28.9. The number of hydrogen-bond donors (Lipinski definition) is 0. The standard InChI is InChI=1S/C27H23ClSi/c1-17-14-19-8-3-5-10-22(19)24(15-17)25-16-20-9-4-6-11-23(20)27(25)21-12-7-13-26(29-28)18(21)2/h3-16,27H,29H2,1-2H3. The van der Waals surface area contributed by atoms with Gasteiger partial charge >= 0.3 is 0 Å². The van der Waals surface area contributed by atoms with Crippen LogP contribution in [0.15, 0.2) is 78.9 Å². The lowest BCUT2D eigenvalue weighted by atomic mass is 9.82. The summed E-state index contributed by atoms with van der Waals surface area (Å²) in [6.45, 7) is 4.44. The van der Waals surface area contributed by atoms with E-state index in [-0.39, 0.29) is 5.92 Å².